The van der Waals surface area contributed by atoms with Crippen LogP contribution in [0.5, 0.6) is 0 Å². The molecule has 7 atom stereocenters. The van der Waals surface area contributed by atoms with E-state index in [-0.39, 0.29) is 55.9 Å². The highest BCUT2D eigenvalue weighted by atomic mass is 16.4. The van der Waals surface area contributed by atoms with Crippen molar-refractivity contribution in [3.8, 4) is 0 Å². The summed E-state index contributed by atoms with van der Waals surface area (Å²) >= 11 is 0. The fourth-order valence-electron chi connectivity index (χ4n) is 6.97. The second-order valence-electron chi connectivity index (χ2n) is 18.0. The van der Waals surface area contributed by atoms with Crippen molar-refractivity contribution in [2.45, 2.75) is 174 Å². The molecule has 0 bridgehead atoms. The van der Waals surface area contributed by atoms with Gasteiger partial charge in [0.05, 0.1) is 6.42 Å². The molecule has 12 N–H and O–H groups in total. The maximum atomic E-state index is 13.7. The molecule has 356 valence electrons. The monoisotopic (exact) mass is 889 g/mol. The average Bonchev–Trinajstić information content (AvgIpc) is 3.17. The van der Waals surface area contributed by atoms with E-state index in [9.17, 15) is 48.6 Å². The van der Waals surface area contributed by atoms with Gasteiger partial charge in [-0.25, -0.2) is 0 Å². The van der Waals surface area contributed by atoms with Crippen LogP contribution in [0, 0.1) is 17.8 Å². The smallest absolute Gasteiger partial charge is 0.305 e. The Labute approximate surface area is 373 Å². The van der Waals surface area contributed by atoms with Crippen molar-refractivity contribution in [2.24, 2.45) is 29.2 Å². The number of nitrogens with one attached hydrogen (secondary N) is 6. The van der Waals surface area contributed by atoms with Crippen LogP contribution in [0.2, 0.25) is 0 Å². The summed E-state index contributed by atoms with van der Waals surface area (Å²) in [5.74, 6) is -5.92. The number of hydrogen-bond donors (Lipinski definition) is 10. The third-order valence-corrected chi connectivity index (χ3v) is 10.8. The number of benzene rings is 1. The summed E-state index contributed by atoms with van der Waals surface area (Å²) in [6.07, 6.45) is 1.54. The molecule has 1 aromatic carbocycles. The molecule has 18 nitrogen and oxygen atoms in total. The van der Waals surface area contributed by atoms with Crippen molar-refractivity contribution in [1.29, 1.82) is 0 Å². The third-order valence-electron chi connectivity index (χ3n) is 10.8. The summed E-state index contributed by atoms with van der Waals surface area (Å²) in [5.41, 5.74) is 11.2. The van der Waals surface area contributed by atoms with E-state index >= 15 is 0 Å². The number of aliphatic carboxylic acids is 2. The summed E-state index contributed by atoms with van der Waals surface area (Å²) in [7, 11) is 0. The maximum absolute atomic E-state index is 13.7. The zero-order valence-electron chi connectivity index (χ0n) is 38.6. The molecule has 0 aliphatic heterocycles. The second kappa shape index (κ2) is 28.6. The molecular weight excluding hydrogens is 813 g/mol. The molecule has 0 saturated carbocycles. The molecule has 0 aliphatic rings. The van der Waals surface area contributed by atoms with Gasteiger partial charge in [-0.15, -0.1) is 0 Å². The number of carbonyl (C=O) groups excluding carboxylic acids is 6. The summed E-state index contributed by atoms with van der Waals surface area (Å²) in [6, 6.07) is 4.08. The van der Waals surface area contributed by atoms with Gasteiger partial charge in [0, 0.05) is 49.9 Å². The van der Waals surface area contributed by atoms with Gasteiger partial charge in [-0.05, 0) is 75.8 Å². The number of rotatable bonds is 31. The van der Waals surface area contributed by atoms with Gasteiger partial charge in [-0.3, -0.25) is 38.4 Å². The van der Waals surface area contributed by atoms with Gasteiger partial charge in [0.25, 0.3) is 0 Å². The number of carboxylic acids is 2. The van der Waals surface area contributed by atoms with E-state index in [0.717, 1.165) is 5.56 Å². The van der Waals surface area contributed by atoms with Gasteiger partial charge in [0.15, 0.2) is 0 Å². The lowest BCUT2D eigenvalue weighted by atomic mass is 9.95. The van der Waals surface area contributed by atoms with Crippen molar-refractivity contribution in [3.05, 3.63) is 35.9 Å². The van der Waals surface area contributed by atoms with E-state index in [1.807, 2.05) is 27.7 Å². The number of amides is 6. The van der Waals surface area contributed by atoms with Crippen LogP contribution < -0.4 is 43.4 Å². The van der Waals surface area contributed by atoms with Crippen molar-refractivity contribution < 1.29 is 48.6 Å². The zero-order chi connectivity index (χ0) is 47.9. The Morgan fingerprint density at radius 3 is 1.87 bits per heavy atom. The minimum Gasteiger partial charge on any atom is -0.481 e. The van der Waals surface area contributed by atoms with Gasteiger partial charge >= 0.3 is 11.9 Å². The highest BCUT2D eigenvalue weighted by Crippen LogP contribution is 2.15. The van der Waals surface area contributed by atoms with Crippen molar-refractivity contribution in [1.82, 2.24) is 31.9 Å². The van der Waals surface area contributed by atoms with Gasteiger partial charge in [0.2, 0.25) is 35.4 Å². The van der Waals surface area contributed by atoms with Gasteiger partial charge in [-0.1, -0.05) is 84.7 Å². The first kappa shape index (κ1) is 55.9. The van der Waals surface area contributed by atoms with E-state index < -0.39 is 90.1 Å². The molecule has 18 heteroatoms. The predicted molar refractivity (Wildman–Crippen MR) is 240 cm³/mol. The lowest BCUT2D eigenvalue weighted by Gasteiger charge is -2.31. The van der Waals surface area contributed by atoms with Crippen molar-refractivity contribution in [3.63, 3.8) is 0 Å². The fourth-order valence-corrected chi connectivity index (χ4v) is 6.97. The van der Waals surface area contributed by atoms with E-state index in [1.165, 1.54) is 13.8 Å². The topological polar surface area (TPSA) is 301 Å². The van der Waals surface area contributed by atoms with Crippen molar-refractivity contribution >= 4 is 47.4 Å². The highest BCUT2D eigenvalue weighted by molar-refractivity contribution is 5.93. The molecule has 63 heavy (non-hydrogen) atoms. The molecule has 0 aliphatic carbocycles. The SMILES string of the molecule is CC[C@H](C)[C@H](NC(=O)C[C@@H](N)CC(C)C)C(=O)N[C@@H](CCCCN)CC(=O)NC(C)(C)C(=O)N[C@H](CC(=O)N[C@@H](CCC(=O)O)C(=O)N[C@H](CC(=O)O)Cc1ccccc1)C(C)C. The van der Waals surface area contributed by atoms with Gasteiger partial charge in [-0.2, -0.15) is 0 Å². The Hall–Kier alpha value is -5.10. The zero-order valence-corrected chi connectivity index (χ0v) is 38.6. The predicted octanol–water partition coefficient (Wildman–Crippen LogP) is 2.26. The molecule has 1 rings (SSSR count). The molecular formula is C45H76N8O10. The van der Waals surface area contributed by atoms with E-state index in [0.29, 0.717) is 44.6 Å². The summed E-state index contributed by atoms with van der Waals surface area (Å²) in [4.78, 5) is 104. The minimum atomic E-state index is -1.49. The molecule has 0 fully saturated rings. The molecule has 0 heterocycles. The minimum absolute atomic E-state index is 0.0663. The van der Waals surface area contributed by atoms with Gasteiger partial charge in [0.1, 0.15) is 17.6 Å². The molecule has 0 radical (unpaired) electrons. The Morgan fingerprint density at radius 1 is 0.698 bits per heavy atom. The number of unbranched alkanes of at least 4 members (excludes halogenated alkanes) is 1. The molecule has 1 aromatic rings. The largest absolute Gasteiger partial charge is 0.481 e. The van der Waals surface area contributed by atoms with Crippen molar-refractivity contribution in [2.75, 3.05) is 6.54 Å². The van der Waals surface area contributed by atoms with Crippen LogP contribution in [0.25, 0.3) is 0 Å². The van der Waals surface area contributed by atoms with Crippen LogP contribution in [-0.2, 0) is 44.8 Å². The molecule has 0 aromatic heterocycles. The van der Waals surface area contributed by atoms with Crippen LogP contribution in [0.3, 0.4) is 0 Å². The summed E-state index contributed by atoms with van der Waals surface area (Å²) < 4.78 is 0. The first-order valence-corrected chi connectivity index (χ1v) is 22.2. The number of carbonyl (C=O) groups is 8. The number of carboxylic acid groups (broad SMARTS) is 2. The Morgan fingerprint density at radius 2 is 1.32 bits per heavy atom. The fraction of sp³-hybridized carbons (Fsp3) is 0.689. The lowest BCUT2D eigenvalue weighted by Crippen LogP contribution is -2.59. The number of nitrogens with two attached hydrogens (primary N) is 2. The first-order valence-electron chi connectivity index (χ1n) is 22.2. The Balaban J connectivity index is 3.08. The van der Waals surface area contributed by atoms with Crippen LogP contribution in [0.15, 0.2) is 30.3 Å². The molecule has 6 amide bonds. The van der Waals surface area contributed by atoms with Crippen LogP contribution in [0.4, 0.5) is 0 Å². The van der Waals surface area contributed by atoms with Crippen LogP contribution in [-0.4, -0.2) is 106 Å². The summed E-state index contributed by atoms with van der Waals surface area (Å²) in [5, 5.41) is 35.4. The van der Waals surface area contributed by atoms with Gasteiger partial charge < -0.3 is 53.6 Å². The Bertz CT molecular complexity index is 1640. The standard InChI is InChI=1S/C45H76N8O10/c1-9-29(6)41(52-36(54)23-31(47)21-27(2)3)43(62)48-32(17-13-14-20-46)24-38(56)53-45(7,8)44(63)51-35(28(4)5)26-37(55)50-34(18-19-39(57)58)42(61)49-33(25-40(59)60)22-30-15-11-10-12-16-30/h10-12,15-16,27-29,31-35,41H,9,13-14,17-26,46-47H2,1-8H3,(H,48,62)(H,49,61)(H,50,55)(H,51,63)(H,52,54)(H,53,56)(H,57,58)(H,59,60)/t29-,31-,32-,33-,34-,35+,41-/m0/s1. The Kier molecular flexibility index (Phi) is 25.4. The van der Waals surface area contributed by atoms with E-state index in [1.54, 1.807) is 44.2 Å². The third kappa shape index (κ3) is 23.2. The quantitative estimate of drug-likeness (QED) is 0.0481. The molecule has 0 unspecified atom stereocenters. The van der Waals surface area contributed by atoms with E-state index in [4.69, 9.17) is 11.5 Å². The summed E-state index contributed by atoms with van der Waals surface area (Å²) in [6.45, 7) is 14.7. The molecule has 0 saturated heterocycles. The number of hydrogen-bond acceptors (Lipinski definition) is 10. The van der Waals surface area contributed by atoms with E-state index in [2.05, 4.69) is 31.9 Å². The second-order valence-corrected chi connectivity index (χ2v) is 18.0. The highest BCUT2D eigenvalue weighted by Gasteiger charge is 2.35. The maximum Gasteiger partial charge on any atom is 0.305 e. The first-order chi connectivity index (χ1) is 29.5. The van der Waals surface area contributed by atoms with Crippen LogP contribution in [0.1, 0.15) is 132 Å². The lowest BCUT2D eigenvalue weighted by molar-refractivity contribution is -0.138. The van der Waals surface area contributed by atoms with Crippen LogP contribution >= 0.6 is 0 Å². The normalized spacial score (nSPS) is 14.9. The molecule has 0 spiro atoms. The average molecular weight is 889 g/mol.